The van der Waals surface area contributed by atoms with Crippen LogP contribution in [0.5, 0.6) is 5.75 Å². The molecule has 0 amide bonds. The molecule has 1 aromatic carbocycles. The molecule has 0 bridgehead atoms. The first-order valence-corrected chi connectivity index (χ1v) is 5.02. The van der Waals surface area contributed by atoms with Gasteiger partial charge >= 0.3 is 0 Å². The second-order valence-corrected chi connectivity index (χ2v) is 3.37. The molecule has 0 N–H and O–H groups in total. The summed E-state index contributed by atoms with van der Waals surface area (Å²) in [6, 6.07) is 11.3. The van der Waals surface area contributed by atoms with Crippen LogP contribution in [0.4, 0.5) is 4.39 Å². The average molecular weight is 228 g/mol. The lowest BCUT2D eigenvalue weighted by molar-refractivity contribution is 0.304. The van der Waals surface area contributed by atoms with Crippen molar-refractivity contribution >= 4 is 0 Å². The molecule has 2 rings (SSSR count). The lowest BCUT2D eigenvalue weighted by atomic mass is 10.2. The Balaban J connectivity index is 2.10. The van der Waals surface area contributed by atoms with E-state index in [-0.39, 0.29) is 12.4 Å². The largest absolute Gasteiger partial charge is 0.489 e. The van der Waals surface area contributed by atoms with Crippen LogP contribution < -0.4 is 4.74 Å². The molecular formula is C13H9FN2O. The van der Waals surface area contributed by atoms with Crippen molar-refractivity contribution in [2.45, 2.75) is 6.61 Å². The van der Waals surface area contributed by atoms with Gasteiger partial charge in [0.1, 0.15) is 29.9 Å². The quantitative estimate of drug-likeness (QED) is 0.811. The molecule has 0 atom stereocenters. The average Bonchev–Trinajstić information content (AvgIpc) is 2.37. The molecular weight excluding hydrogens is 219 g/mol. The predicted octanol–water partition coefficient (Wildman–Crippen LogP) is 2.67. The SMILES string of the molecule is N#Cc1ncccc1COc1cccc(F)c1. The number of benzene rings is 1. The van der Waals surface area contributed by atoms with Crippen molar-refractivity contribution in [1.29, 1.82) is 5.26 Å². The van der Waals surface area contributed by atoms with Crippen LogP contribution in [0.3, 0.4) is 0 Å². The number of aromatic nitrogens is 1. The molecule has 1 heterocycles. The zero-order valence-electron chi connectivity index (χ0n) is 8.93. The molecule has 4 heteroatoms. The molecule has 0 unspecified atom stereocenters. The zero-order chi connectivity index (χ0) is 12.1. The van der Waals surface area contributed by atoms with Crippen LogP contribution in [0, 0.1) is 17.1 Å². The summed E-state index contributed by atoms with van der Waals surface area (Å²) in [4.78, 5) is 3.91. The van der Waals surface area contributed by atoms with Crippen molar-refractivity contribution < 1.29 is 9.13 Å². The highest BCUT2D eigenvalue weighted by atomic mass is 19.1. The van der Waals surface area contributed by atoms with Crippen LogP contribution >= 0.6 is 0 Å². The Labute approximate surface area is 98.1 Å². The Morgan fingerprint density at radius 2 is 2.18 bits per heavy atom. The fourth-order valence-corrected chi connectivity index (χ4v) is 1.37. The summed E-state index contributed by atoms with van der Waals surface area (Å²) < 4.78 is 18.3. The lowest BCUT2D eigenvalue weighted by Crippen LogP contribution is -1.99. The summed E-state index contributed by atoms with van der Waals surface area (Å²) in [5.74, 6) is 0.0759. The van der Waals surface area contributed by atoms with Gasteiger partial charge in [0.05, 0.1) is 0 Å². The molecule has 84 valence electrons. The topological polar surface area (TPSA) is 45.9 Å². The van der Waals surface area contributed by atoms with E-state index in [0.717, 1.165) is 0 Å². The summed E-state index contributed by atoms with van der Waals surface area (Å²) in [5, 5.41) is 8.83. The summed E-state index contributed by atoms with van der Waals surface area (Å²) in [6.45, 7) is 0.195. The number of hydrogen-bond donors (Lipinski definition) is 0. The highest BCUT2D eigenvalue weighted by molar-refractivity contribution is 5.31. The Morgan fingerprint density at radius 1 is 1.29 bits per heavy atom. The van der Waals surface area contributed by atoms with Crippen molar-refractivity contribution in [3.8, 4) is 11.8 Å². The minimum atomic E-state index is -0.353. The number of halogens is 1. The van der Waals surface area contributed by atoms with Gasteiger partial charge in [0.2, 0.25) is 0 Å². The van der Waals surface area contributed by atoms with Crippen LogP contribution in [-0.2, 0) is 6.61 Å². The molecule has 0 aliphatic carbocycles. The van der Waals surface area contributed by atoms with Gasteiger partial charge in [-0.25, -0.2) is 9.37 Å². The summed E-state index contributed by atoms with van der Waals surface area (Å²) in [5.41, 5.74) is 1.00. The molecule has 2 aromatic rings. The smallest absolute Gasteiger partial charge is 0.147 e. The molecule has 0 radical (unpaired) electrons. The van der Waals surface area contributed by atoms with Crippen LogP contribution in [0.25, 0.3) is 0 Å². The standard InChI is InChI=1S/C13H9FN2O/c14-11-4-1-5-12(7-11)17-9-10-3-2-6-16-13(10)8-15/h1-7H,9H2. The third-order valence-corrected chi connectivity index (χ3v) is 2.19. The predicted molar refractivity (Wildman–Crippen MR) is 59.7 cm³/mol. The maximum Gasteiger partial charge on any atom is 0.147 e. The lowest BCUT2D eigenvalue weighted by Gasteiger charge is -2.06. The highest BCUT2D eigenvalue weighted by Gasteiger charge is 2.03. The van der Waals surface area contributed by atoms with Crippen LogP contribution in [0.15, 0.2) is 42.6 Å². The molecule has 0 saturated carbocycles. The van der Waals surface area contributed by atoms with Crippen LogP contribution in [0.2, 0.25) is 0 Å². The molecule has 0 aliphatic heterocycles. The van der Waals surface area contributed by atoms with Gasteiger partial charge in [0.15, 0.2) is 0 Å². The van der Waals surface area contributed by atoms with Gasteiger partial charge in [-0.15, -0.1) is 0 Å². The van der Waals surface area contributed by atoms with E-state index in [0.29, 0.717) is 17.0 Å². The zero-order valence-corrected chi connectivity index (χ0v) is 8.93. The molecule has 0 fully saturated rings. The molecule has 0 aliphatic rings. The van der Waals surface area contributed by atoms with Gasteiger partial charge < -0.3 is 4.74 Å². The normalized spacial score (nSPS) is 9.65. The summed E-state index contributed by atoms with van der Waals surface area (Å²) in [6.07, 6.45) is 1.55. The number of nitrogens with zero attached hydrogens (tertiary/aromatic N) is 2. The van der Waals surface area contributed by atoms with Crippen molar-refractivity contribution in [1.82, 2.24) is 4.98 Å². The second-order valence-electron chi connectivity index (χ2n) is 3.37. The van der Waals surface area contributed by atoms with E-state index in [2.05, 4.69) is 4.98 Å². The number of rotatable bonds is 3. The number of pyridine rings is 1. The van der Waals surface area contributed by atoms with Gasteiger partial charge in [-0.3, -0.25) is 0 Å². The first kappa shape index (κ1) is 11.1. The monoisotopic (exact) mass is 228 g/mol. The van der Waals surface area contributed by atoms with E-state index in [1.54, 1.807) is 30.5 Å². The summed E-state index contributed by atoms with van der Waals surface area (Å²) >= 11 is 0. The van der Waals surface area contributed by atoms with Crippen molar-refractivity contribution in [2.75, 3.05) is 0 Å². The molecule has 0 spiro atoms. The van der Waals surface area contributed by atoms with Crippen molar-refractivity contribution in [2.24, 2.45) is 0 Å². The Morgan fingerprint density at radius 3 is 2.94 bits per heavy atom. The van der Waals surface area contributed by atoms with E-state index in [1.807, 2.05) is 6.07 Å². The van der Waals surface area contributed by atoms with Gasteiger partial charge in [0, 0.05) is 17.8 Å². The van der Waals surface area contributed by atoms with Gasteiger partial charge in [0.25, 0.3) is 0 Å². The second kappa shape index (κ2) is 5.08. The van der Waals surface area contributed by atoms with Gasteiger partial charge in [-0.2, -0.15) is 5.26 Å². The Kier molecular flexibility index (Phi) is 3.31. The van der Waals surface area contributed by atoms with E-state index in [9.17, 15) is 4.39 Å². The van der Waals surface area contributed by atoms with Crippen molar-refractivity contribution in [3.05, 3.63) is 59.7 Å². The van der Waals surface area contributed by atoms with E-state index < -0.39 is 0 Å². The number of hydrogen-bond acceptors (Lipinski definition) is 3. The molecule has 17 heavy (non-hydrogen) atoms. The number of nitriles is 1. The molecule has 0 saturated heterocycles. The Hall–Kier alpha value is -2.41. The van der Waals surface area contributed by atoms with E-state index in [4.69, 9.17) is 10.00 Å². The third-order valence-electron chi connectivity index (χ3n) is 2.19. The Bertz CT molecular complexity index is 563. The minimum Gasteiger partial charge on any atom is -0.489 e. The molecule has 3 nitrogen and oxygen atoms in total. The van der Waals surface area contributed by atoms with Crippen LogP contribution in [0.1, 0.15) is 11.3 Å². The van der Waals surface area contributed by atoms with E-state index in [1.165, 1.54) is 12.1 Å². The third kappa shape index (κ3) is 2.79. The highest BCUT2D eigenvalue weighted by Crippen LogP contribution is 2.14. The van der Waals surface area contributed by atoms with Crippen LogP contribution in [-0.4, -0.2) is 4.98 Å². The first-order valence-electron chi connectivity index (χ1n) is 5.02. The van der Waals surface area contributed by atoms with Crippen molar-refractivity contribution in [3.63, 3.8) is 0 Å². The first-order chi connectivity index (χ1) is 8.29. The maximum absolute atomic E-state index is 12.9. The van der Waals surface area contributed by atoms with E-state index >= 15 is 0 Å². The fourth-order valence-electron chi connectivity index (χ4n) is 1.37. The minimum absolute atomic E-state index is 0.195. The van der Waals surface area contributed by atoms with Gasteiger partial charge in [-0.1, -0.05) is 12.1 Å². The summed E-state index contributed by atoms with van der Waals surface area (Å²) in [7, 11) is 0. The maximum atomic E-state index is 12.9. The number of ether oxygens (including phenoxy) is 1. The molecule has 1 aromatic heterocycles. The van der Waals surface area contributed by atoms with Gasteiger partial charge in [-0.05, 0) is 18.2 Å². The fraction of sp³-hybridized carbons (Fsp3) is 0.0769.